The van der Waals surface area contributed by atoms with E-state index in [0.717, 1.165) is 9.87 Å². The summed E-state index contributed by atoms with van der Waals surface area (Å²) < 4.78 is 41.3. The minimum atomic E-state index is -4.07. The van der Waals surface area contributed by atoms with Gasteiger partial charge in [-0.3, -0.25) is 9.10 Å². The lowest BCUT2D eigenvalue weighted by Crippen LogP contribution is -2.38. The molecule has 1 N–H and O–H groups in total. The molecule has 8 heteroatoms. The van der Waals surface area contributed by atoms with Crippen molar-refractivity contribution in [1.82, 2.24) is 0 Å². The number of para-hydroxylation sites is 1. The van der Waals surface area contributed by atoms with Crippen molar-refractivity contribution in [2.24, 2.45) is 0 Å². The summed E-state index contributed by atoms with van der Waals surface area (Å²) >= 11 is 6.02. The van der Waals surface area contributed by atoms with Crippen LogP contribution in [0, 0.1) is 12.7 Å². The number of hydrogen-bond acceptors (Lipinski definition) is 3. The van der Waals surface area contributed by atoms with Crippen molar-refractivity contribution in [3.05, 3.63) is 89.2 Å². The molecule has 0 saturated carbocycles. The highest BCUT2D eigenvalue weighted by Crippen LogP contribution is 2.26. The normalized spacial score (nSPS) is 11.1. The molecule has 0 unspecified atom stereocenters. The number of sulfonamides is 1. The maximum atomic E-state index is 13.8. The lowest BCUT2D eigenvalue weighted by molar-refractivity contribution is -0.114. The van der Waals surface area contributed by atoms with Crippen LogP contribution in [0.15, 0.2) is 77.7 Å². The van der Waals surface area contributed by atoms with Crippen molar-refractivity contribution < 1.29 is 17.6 Å². The number of carbonyl (C=O) groups excluding carboxylic acids is 1. The summed E-state index contributed by atoms with van der Waals surface area (Å²) in [5.74, 6) is -1.30. The molecule has 0 spiro atoms. The highest BCUT2D eigenvalue weighted by Gasteiger charge is 2.27. The van der Waals surface area contributed by atoms with E-state index in [4.69, 9.17) is 11.6 Å². The van der Waals surface area contributed by atoms with E-state index < -0.39 is 28.3 Å². The van der Waals surface area contributed by atoms with Gasteiger partial charge in [0, 0.05) is 5.02 Å². The maximum Gasteiger partial charge on any atom is 0.264 e. The van der Waals surface area contributed by atoms with Gasteiger partial charge in [-0.05, 0) is 49.4 Å². The van der Waals surface area contributed by atoms with Gasteiger partial charge < -0.3 is 5.32 Å². The molecule has 3 aromatic carbocycles. The first-order chi connectivity index (χ1) is 13.8. The minimum absolute atomic E-state index is 0.0294. The summed E-state index contributed by atoms with van der Waals surface area (Å²) in [6.07, 6.45) is 0. The zero-order chi connectivity index (χ0) is 21.0. The summed E-state index contributed by atoms with van der Waals surface area (Å²) in [6, 6.07) is 18.1. The molecule has 0 atom stereocenters. The molecule has 0 heterocycles. The van der Waals surface area contributed by atoms with Gasteiger partial charge in [-0.2, -0.15) is 0 Å². The molecule has 1 amide bonds. The van der Waals surface area contributed by atoms with E-state index in [2.05, 4.69) is 5.32 Å². The third-order valence-electron chi connectivity index (χ3n) is 4.14. The number of carbonyl (C=O) groups is 1. The van der Waals surface area contributed by atoms with E-state index >= 15 is 0 Å². The summed E-state index contributed by atoms with van der Waals surface area (Å²) in [7, 11) is -4.07. The van der Waals surface area contributed by atoms with Gasteiger partial charge in [-0.15, -0.1) is 0 Å². The van der Waals surface area contributed by atoms with Crippen LogP contribution in [0.25, 0.3) is 0 Å². The largest absolute Gasteiger partial charge is 0.322 e. The molecular weight excluding hydrogens is 415 g/mol. The van der Waals surface area contributed by atoms with Crippen LogP contribution in [-0.4, -0.2) is 20.9 Å². The smallest absolute Gasteiger partial charge is 0.264 e. The van der Waals surface area contributed by atoms with Crippen LogP contribution in [0.5, 0.6) is 0 Å². The maximum absolute atomic E-state index is 13.8. The number of nitrogens with one attached hydrogen (secondary N) is 1. The average molecular weight is 433 g/mol. The molecule has 3 aromatic rings. The van der Waals surface area contributed by atoms with E-state index in [1.54, 1.807) is 30.3 Å². The van der Waals surface area contributed by atoms with Gasteiger partial charge in [0.1, 0.15) is 12.4 Å². The molecular formula is C21H18ClFN2O3S. The molecule has 29 heavy (non-hydrogen) atoms. The van der Waals surface area contributed by atoms with E-state index in [1.165, 1.54) is 42.5 Å². The Morgan fingerprint density at radius 1 is 1.03 bits per heavy atom. The fraction of sp³-hybridized carbons (Fsp3) is 0.0952. The monoisotopic (exact) mass is 432 g/mol. The Morgan fingerprint density at radius 3 is 2.38 bits per heavy atom. The van der Waals surface area contributed by atoms with Crippen LogP contribution in [0.4, 0.5) is 15.8 Å². The fourth-order valence-corrected chi connectivity index (χ4v) is 4.26. The number of halogens is 2. The molecule has 3 rings (SSSR count). The van der Waals surface area contributed by atoms with Crippen molar-refractivity contribution in [2.75, 3.05) is 16.2 Å². The van der Waals surface area contributed by atoms with E-state index in [1.807, 2.05) is 6.92 Å². The lowest BCUT2D eigenvalue weighted by atomic mass is 10.2. The third kappa shape index (κ3) is 4.93. The van der Waals surface area contributed by atoms with Crippen molar-refractivity contribution in [3.63, 3.8) is 0 Å². The molecule has 0 bridgehead atoms. The Labute approximate surface area is 173 Å². The second-order valence-electron chi connectivity index (χ2n) is 6.33. The summed E-state index contributed by atoms with van der Waals surface area (Å²) in [6.45, 7) is 1.29. The molecule has 5 nitrogen and oxygen atoms in total. The number of hydrogen-bond donors (Lipinski definition) is 1. The van der Waals surface area contributed by atoms with Crippen LogP contribution in [0.3, 0.4) is 0 Å². The van der Waals surface area contributed by atoms with Gasteiger partial charge in [0.05, 0.1) is 16.3 Å². The van der Waals surface area contributed by atoms with Crippen LogP contribution in [0.1, 0.15) is 5.56 Å². The molecule has 150 valence electrons. The first-order valence-electron chi connectivity index (χ1n) is 8.67. The Bertz CT molecular complexity index is 1130. The molecule has 0 saturated heterocycles. The van der Waals surface area contributed by atoms with Crippen molar-refractivity contribution in [2.45, 2.75) is 11.8 Å². The Balaban J connectivity index is 1.96. The molecule has 0 aromatic heterocycles. The van der Waals surface area contributed by atoms with Gasteiger partial charge in [0.15, 0.2) is 0 Å². The van der Waals surface area contributed by atoms with Crippen LogP contribution < -0.4 is 9.62 Å². The summed E-state index contributed by atoms with van der Waals surface area (Å²) in [5.41, 5.74) is 1.09. The zero-order valence-corrected chi connectivity index (χ0v) is 17.0. The number of benzene rings is 3. The minimum Gasteiger partial charge on any atom is -0.322 e. The Hall–Kier alpha value is -2.90. The summed E-state index contributed by atoms with van der Waals surface area (Å²) in [5, 5.41) is 2.73. The highest BCUT2D eigenvalue weighted by molar-refractivity contribution is 7.92. The molecule has 0 fully saturated rings. The zero-order valence-electron chi connectivity index (χ0n) is 15.5. The Morgan fingerprint density at radius 2 is 1.72 bits per heavy atom. The number of aryl methyl sites for hydroxylation is 1. The van der Waals surface area contributed by atoms with Gasteiger partial charge in [0.25, 0.3) is 10.0 Å². The van der Waals surface area contributed by atoms with Crippen LogP contribution in [0.2, 0.25) is 5.02 Å². The predicted octanol–water partition coefficient (Wildman–Crippen LogP) is 4.62. The molecule has 0 aliphatic carbocycles. The van der Waals surface area contributed by atoms with Crippen LogP contribution >= 0.6 is 11.6 Å². The molecule has 0 aliphatic rings. The second kappa shape index (κ2) is 8.63. The number of rotatable bonds is 6. The molecule has 0 aliphatic heterocycles. The van der Waals surface area contributed by atoms with Crippen LogP contribution in [-0.2, 0) is 14.8 Å². The van der Waals surface area contributed by atoms with Crippen molar-refractivity contribution >= 4 is 38.9 Å². The topological polar surface area (TPSA) is 66.5 Å². The van der Waals surface area contributed by atoms with E-state index in [9.17, 15) is 17.6 Å². The van der Waals surface area contributed by atoms with Gasteiger partial charge in [-0.25, -0.2) is 12.8 Å². The first kappa shape index (κ1) is 20.8. The van der Waals surface area contributed by atoms with Crippen molar-refractivity contribution in [3.8, 4) is 0 Å². The number of anilines is 2. The van der Waals surface area contributed by atoms with Gasteiger partial charge in [0.2, 0.25) is 5.91 Å². The highest BCUT2D eigenvalue weighted by atomic mass is 35.5. The number of nitrogens with zero attached hydrogens (tertiary/aromatic N) is 1. The number of amides is 1. The predicted molar refractivity (Wildman–Crippen MR) is 112 cm³/mol. The lowest BCUT2D eigenvalue weighted by Gasteiger charge is -2.24. The average Bonchev–Trinajstić information content (AvgIpc) is 2.68. The second-order valence-corrected chi connectivity index (χ2v) is 8.63. The molecule has 0 radical (unpaired) electrons. The summed E-state index contributed by atoms with van der Waals surface area (Å²) in [4.78, 5) is 12.6. The standard InChI is InChI=1S/C21H18ClFN2O3S/c1-15-9-11-18(12-10-15)29(27,28)25(17-6-4-5-16(22)13-17)14-21(26)24-20-8-3-2-7-19(20)23/h2-13H,14H2,1H3,(H,24,26). The van der Waals surface area contributed by atoms with Crippen molar-refractivity contribution in [1.29, 1.82) is 0 Å². The van der Waals surface area contributed by atoms with E-state index in [-0.39, 0.29) is 16.3 Å². The van der Waals surface area contributed by atoms with Gasteiger partial charge in [-0.1, -0.05) is 47.5 Å². The first-order valence-corrected chi connectivity index (χ1v) is 10.5. The van der Waals surface area contributed by atoms with Gasteiger partial charge >= 0.3 is 0 Å². The fourth-order valence-electron chi connectivity index (χ4n) is 2.67. The van der Waals surface area contributed by atoms with E-state index in [0.29, 0.717) is 5.02 Å². The third-order valence-corrected chi connectivity index (χ3v) is 6.16. The Kier molecular flexibility index (Phi) is 6.20. The SMILES string of the molecule is Cc1ccc(S(=O)(=O)N(CC(=O)Nc2ccccc2F)c2cccc(Cl)c2)cc1. The quantitative estimate of drug-likeness (QED) is 0.618.